The van der Waals surface area contributed by atoms with Crippen LogP contribution in [0.2, 0.25) is 0 Å². The summed E-state index contributed by atoms with van der Waals surface area (Å²) >= 11 is 0. The Hall–Kier alpha value is -4.61. The molecule has 0 heterocycles. The molecule has 0 bridgehead atoms. The van der Waals surface area contributed by atoms with Gasteiger partial charge in [0.15, 0.2) is 0 Å². The first kappa shape index (κ1) is 21.2. The molecule has 0 N–H and O–H groups in total. The van der Waals surface area contributed by atoms with E-state index in [2.05, 4.69) is 109 Å². The Morgan fingerprint density at radius 2 is 1.09 bits per heavy atom. The van der Waals surface area contributed by atoms with Gasteiger partial charge in [-0.3, -0.25) is 0 Å². The van der Waals surface area contributed by atoms with Gasteiger partial charge in [0.1, 0.15) is 0 Å². The lowest BCUT2D eigenvalue weighted by atomic mass is 9.94. The second-order valence-electron chi connectivity index (χ2n) is 8.26. The molecule has 5 rings (SSSR count). The van der Waals surface area contributed by atoms with Crippen molar-refractivity contribution in [2.24, 2.45) is 0 Å². The molecule has 5 aromatic carbocycles. The Balaban J connectivity index is 1.60. The van der Waals surface area contributed by atoms with Crippen LogP contribution in [-0.2, 0) is 0 Å². The highest BCUT2D eigenvalue weighted by molar-refractivity contribution is 5.87. The lowest BCUT2D eigenvalue weighted by Gasteiger charge is -2.24. The topological polar surface area (TPSA) is 27.0 Å². The lowest BCUT2D eigenvalue weighted by molar-refractivity contribution is 1.21. The first-order chi connectivity index (χ1) is 16.7. The molecule has 0 fully saturated rings. The zero-order valence-corrected chi connectivity index (χ0v) is 19.0. The molecule has 0 atom stereocenters. The van der Waals surface area contributed by atoms with Gasteiger partial charge in [-0.25, -0.2) is 0 Å². The molecule has 2 nitrogen and oxygen atoms in total. The van der Waals surface area contributed by atoms with Crippen LogP contribution in [0, 0.1) is 11.3 Å². The standard InChI is InChI=1S/C32H24N2/c1-34(30-18-15-24(23-33)16-19-30)32-20-17-29(22-31(32)26-11-6-3-7-12-26)28-14-8-13-27(21-28)25-9-4-2-5-10-25/h2-22H,1H3. The maximum absolute atomic E-state index is 9.14. The summed E-state index contributed by atoms with van der Waals surface area (Å²) in [5.41, 5.74) is 9.92. The predicted octanol–water partition coefficient (Wildman–Crippen LogP) is 8.33. The summed E-state index contributed by atoms with van der Waals surface area (Å²) in [5.74, 6) is 0. The molecule has 0 aliphatic heterocycles. The summed E-state index contributed by atoms with van der Waals surface area (Å²) in [6.07, 6.45) is 0. The van der Waals surface area contributed by atoms with Crippen molar-refractivity contribution in [3.63, 3.8) is 0 Å². The Kier molecular flexibility index (Phi) is 5.93. The zero-order valence-electron chi connectivity index (χ0n) is 19.0. The zero-order chi connectivity index (χ0) is 23.3. The van der Waals surface area contributed by atoms with Crippen molar-refractivity contribution in [1.82, 2.24) is 0 Å². The highest BCUT2D eigenvalue weighted by Crippen LogP contribution is 2.38. The van der Waals surface area contributed by atoms with Crippen LogP contribution in [0.5, 0.6) is 0 Å². The Bertz CT molecular complexity index is 1450. The molecular formula is C32H24N2. The van der Waals surface area contributed by atoms with Crippen molar-refractivity contribution in [1.29, 1.82) is 5.26 Å². The number of benzene rings is 5. The van der Waals surface area contributed by atoms with Crippen molar-refractivity contribution in [2.75, 3.05) is 11.9 Å². The number of rotatable bonds is 5. The quantitative estimate of drug-likeness (QED) is 0.277. The third-order valence-electron chi connectivity index (χ3n) is 6.13. The maximum atomic E-state index is 9.14. The van der Waals surface area contributed by atoms with Gasteiger partial charge in [-0.2, -0.15) is 5.26 Å². The van der Waals surface area contributed by atoms with Crippen molar-refractivity contribution < 1.29 is 0 Å². The molecule has 5 aromatic rings. The average Bonchev–Trinajstić information content (AvgIpc) is 2.93. The minimum Gasteiger partial charge on any atom is -0.344 e. The van der Waals surface area contributed by atoms with E-state index in [0.717, 1.165) is 16.9 Å². The Labute approximate surface area is 201 Å². The molecule has 0 unspecified atom stereocenters. The number of hydrogen-bond donors (Lipinski definition) is 0. The lowest BCUT2D eigenvalue weighted by Crippen LogP contribution is -2.10. The molecule has 0 radical (unpaired) electrons. The smallest absolute Gasteiger partial charge is 0.0991 e. The van der Waals surface area contributed by atoms with E-state index in [9.17, 15) is 0 Å². The van der Waals surface area contributed by atoms with E-state index in [1.54, 1.807) is 0 Å². The molecule has 0 saturated carbocycles. The molecule has 0 amide bonds. The van der Waals surface area contributed by atoms with E-state index in [4.69, 9.17) is 5.26 Å². The van der Waals surface area contributed by atoms with Crippen LogP contribution >= 0.6 is 0 Å². The van der Waals surface area contributed by atoms with Crippen molar-refractivity contribution in [2.45, 2.75) is 0 Å². The van der Waals surface area contributed by atoms with Gasteiger partial charge in [-0.1, -0.05) is 84.9 Å². The molecule has 0 aliphatic rings. The molecule has 0 aliphatic carbocycles. The van der Waals surface area contributed by atoms with Crippen LogP contribution in [0.4, 0.5) is 11.4 Å². The summed E-state index contributed by atoms with van der Waals surface area (Å²) in [5, 5.41) is 9.14. The Morgan fingerprint density at radius 1 is 0.529 bits per heavy atom. The number of nitrogens with zero attached hydrogens (tertiary/aromatic N) is 2. The summed E-state index contributed by atoms with van der Waals surface area (Å²) < 4.78 is 0. The Morgan fingerprint density at radius 3 is 1.74 bits per heavy atom. The fourth-order valence-electron chi connectivity index (χ4n) is 4.26. The minimum atomic E-state index is 0.661. The average molecular weight is 437 g/mol. The predicted molar refractivity (Wildman–Crippen MR) is 142 cm³/mol. The van der Waals surface area contributed by atoms with Crippen LogP contribution in [0.25, 0.3) is 33.4 Å². The van der Waals surface area contributed by atoms with Gasteiger partial charge in [0.2, 0.25) is 0 Å². The van der Waals surface area contributed by atoms with E-state index in [1.165, 1.54) is 27.8 Å². The fourth-order valence-corrected chi connectivity index (χ4v) is 4.26. The van der Waals surface area contributed by atoms with E-state index >= 15 is 0 Å². The van der Waals surface area contributed by atoms with Crippen LogP contribution in [0.3, 0.4) is 0 Å². The van der Waals surface area contributed by atoms with Gasteiger partial charge in [0, 0.05) is 24.0 Å². The van der Waals surface area contributed by atoms with Gasteiger partial charge in [-0.05, 0) is 70.3 Å². The number of hydrogen-bond acceptors (Lipinski definition) is 2. The SMILES string of the molecule is CN(c1ccc(C#N)cc1)c1ccc(-c2cccc(-c3ccccc3)c2)cc1-c1ccccc1. The second-order valence-corrected chi connectivity index (χ2v) is 8.26. The van der Waals surface area contributed by atoms with Gasteiger partial charge < -0.3 is 4.90 Å². The van der Waals surface area contributed by atoms with Crippen LogP contribution < -0.4 is 4.90 Å². The minimum absolute atomic E-state index is 0.661. The van der Waals surface area contributed by atoms with Crippen molar-refractivity contribution in [3.05, 3.63) is 133 Å². The maximum Gasteiger partial charge on any atom is 0.0991 e. The van der Waals surface area contributed by atoms with E-state index in [1.807, 2.05) is 36.4 Å². The molecule has 0 aromatic heterocycles. The van der Waals surface area contributed by atoms with Crippen LogP contribution in [0.1, 0.15) is 5.56 Å². The summed E-state index contributed by atoms with van der Waals surface area (Å²) in [4.78, 5) is 2.17. The molecule has 2 heteroatoms. The monoisotopic (exact) mass is 436 g/mol. The van der Waals surface area contributed by atoms with Gasteiger partial charge >= 0.3 is 0 Å². The van der Waals surface area contributed by atoms with Crippen LogP contribution in [-0.4, -0.2) is 7.05 Å². The van der Waals surface area contributed by atoms with Gasteiger partial charge in [0.25, 0.3) is 0 Å². The number of anilines is 2. The summed E-state index contributed by atoms with van der Waals surface area (Å²) in [7, 11) is 2.07. The van der Waals surface area contributed by atoms with E-state index < -0.39 is 0 Å². The molecule has 0 saturated heterocycles. The molecule has 162 valence electrons. The van der Waals surface area contributed by atoms with Crippen molar-refractivity contribution >= 4 is 11.4 Å². The molecular weight excluding hydrogens is 412 g/mol. The van der Waals surface area contributed by atoms with E-state index in [0.29, 0.717) is 5.56 Å². The van der Waals surface area contributed by atoms with Crippen LogP contribution in [0.15, 0.2) is 127 Å². The molecule has 0 spiro atoms. The summed E-state index contributed by atoms with van der Waals surface area (Å²) in [6, 6.07) is 46.2. The normalized spacial score (nSPS) is 10.5. The number of nitriles is 1. The first-order valence-electron chi connectivity index (χ1n) is 11.3. The van der Waals surface area contributed by atoms with E-state index in [-0.39, 0.29) is 0 Å². The first-order valence-corrected chi connectivity index (χ1v) is 11.3. The van der Waals surface area contributed by atoms with Gasteiger partial charge in [0.05, 0.1) is 11.6 Å². The molecule has 34 heavy (non-hydrogen) atoms. The third-order valence-corrected chi connectivity index (χ3v) is 6.13. The summed E-state index contributed by atoms with van der Waals surface area (Å²) in [6.45, 7) is 0. The highest BCUT2D eigenvalue weighted by atomic mass is 15.1. The largest absolute Gasteiger partial charge is 0.344 e. The van der Waals surface area contributed by atoms with Crippen molar-refractivity contribution in [3.8, 4) is 39.4 Å². The highest BCUT2D eigenvalue weighted by Gasteiger charge is 2.13. The fraction of sp³-hybridized carbons (Fsp3) is 0.0312. The second kappa shape index (κ2) is 9.48. The third kappa shape index (κ3) is 4.33. The van der Waals surface area contributed by atoms with Gasteiger partial charge in [-0.15, -0.1) is 0 Å².